The van der Waals surface area contributed by atoms with Crippen LogP contribution >= 0.6 is 23.1 Å². The number of allylic oxidation sites excluding steroid dienone is 5. The molecule has 0 N–H and O–H groups in total. The minimum atomic E-state index is 0.482. The van der Waals surface area contributed by atoms with Gasteiger partial charge in [-0.2, -0.15) is 0 Å². The van der Waals surface area contributed by atoms with Crippen LogP contribution in [-0.2, 0) is 6.42 Å². The van der Waals surface area contributed by atoms with Crippen molar-refractivity contribution in [3.63, 3.8) is 0 Å². The number of nitrogens with zero attached hydrogens (tertiary/aromatic N) is 2. The molecule has 2 atom stereocenters. The number of thiophene rings is 1. The highest BCUT2D eigenvalue weighted by Crippen LogP contribution is 2.46. The Labute approximate surface area is 338 Å². The van der Waals surface area contributed by atoms with Gasteiger partial charge in [0.25, 0.3) is 0 Å². The Kier molecular flexibility index (Phi) is 9.36. The molecule has 0 amide bonds. The SMILES string of the molecule is C1=CC2C=C(c3ccc(N(c4ccccc4)c4ccc(-c5ccc(N(c6ccccc6)c6ccc(-c7cc8c(s7)CCC=C8)cc6)cc5)cc4)cc3)SC2C=C1. The van der Waals surface area contributed by atoms with Crippen molar-refractivity contribution in [2.24, 2.45) is 5.92 Å². The molecular weight excluding hydrogens is 717 g/mol. The summed E-state index contributed by atoms with van der Waals surface area (Å²) < 4.78 is 0. The number of thioether (sulfide) groups is 1. The van der Waals surface area contributed by atoms with Crippen molar-refractivity contribution < 1.29 is 0 Å². The van der Waals surface area contributed by atoms with E-state index in [4.69, 9.17) is 0 Å². The van der Waals surface area contributed by atoms with Crippen LogP contribution in [0.25, 0.3) is 32.5 Å². The lowest BCUT2D eigenvalue weighted by molar-refractivity contribution is 0.857. The summed E-state index contributed by atoms with van der Waals surface area (Å²) in [6.45, 7) is 0. The first-order valence-corrected chi connectivity index (χ1v) is 21.1. The highest BCUT2D eigenvalue weighted by atomic mass is 32.2. The third-order valence-corrected chi connectivity index (χ3v) is 13.5. The van der Waals surface area contributed by atoms with Gasteiger partial charge in [-0.3, -0.25) is 0 Å². The van der Waals surface area contributed by atoms with Crippen LogP contribution in [0, 0.1) is 5.92 Å². The van der Waals surface area contributed by atoms with Gasteiger partial charge in [0, 0.05) is 60.0 Å². The fourth-order valence-corrected chi connectivity index (χ4v) is 10.4. The van der Waals surface area contributed by atoms with Crippen LogP contribution in [0.5, 0.6) is 0 Å². The van der Waals surface area contributed by atoms with Crippen LogP contribution in [0.3, 0.4) is 0 Å². The van der Waals surface area contributed by atoms with Gasteiger partial charge in [-0.05, 0) is 120 Å². The zero-order chi connectivity index (χ0) is 37.3. The fraction of sp³-hybridized carbons (Fsp3) is 0.0769. The Bertz CT molecular complexity index is 2580. The lowest BCUT2D eigenvalue weighted by Crippen LogP contribution is -2.10. The highest BCUT2D eigenvalue weighted by Gasteiger charge is 2.26. The summed E-state index contributed by atoms with van der Waals surface area (Å²) >= 11 is 3.89. The highest BCUT2D eigenvalue weighted by molar-refractivity contribution is 8.09. The van der Waals surface area contributed by atoms with E-state index in [0.717, 1.165) is 47.0 Å². The van der Waals surface area contributed by atoms with Crippen molar-refractivity contribution in [2.75, 3.05) is 9.80 Å². The molecule has 2 aliphatic carbocycles. The van der Waals surface area contributed by atoms with E-state index < -0.39 is 0 Å². The number of anilines is 6. The lowest BCUT2D eigenvalue weighted by atomic mass is 9.99. The maximum atomic E-state index is 2.41. The van der Waals surface area contributed by atoms with Crippen LogP contribution < -0.4 is 9.80 Å². The van der Waals surface area contributed by atoms with Crippen LogP contribution in [0.4, 0.5) is 34.1 Å². The van der Waals surface area contributed by atoms with Gasteiger partial charge in [0.1, 0.15) is 0 Å². The van der Waals surface area contributed by atoms with Crippen LogP contribution in [0.2, 0.25) is 0 Å². The van der Waals surface area contributed by atoms with Gasteiger partial charge in [-0.1, -0.05) is 127 Å². The van der Waals surface area contributed by atoms with Gasteiger partial charge in [0.15, 0.2) is 0 Å². The van der Waals surface area contributed by atoms with Crippen molar-refractivity contribution in [1.82, 2.24) is 0 Å². The van der Waals surface area contributed by atoms with Crippen molar-refractivity contribution >= 4 is 68.2 Å². The Balaban J connectivity index is 0.909. The molecule has 10 rings (SSSR count). The average Bonchev–Trinajstić information content (AvgIpc) is 3.91. The summed E-state index contributed by atoms with van der Waals surface area (Å²) in [5, 5.41) is 0.505. The largest absolute Gasteiger partial charge is 0.311 e. The predicted molar refractivity (Wildman–Crippen MR) is 243 cm³/mol. The summed E-state index contributed by atoms with van der Waals surface area (Å²) in [5.74, 6) is 0.482. The van der Waals surface area contributed by atoms with Crippen molar-refractivity contribution in [2.45, 2.75) is 18.1 Å². The smallest absolute Gasteiger partial charge is 0.0462 e. The molecule has 2 nitrogen and oxygen atoms in total. The second-order valence-electron chi connectivity index (χ2n) is 14.4. The Morgan fingerprint density at radius 3 is 1.48 bits per heavy atom. The third kappa shape index (κ3) is 6.87. The van der Waals surface area contributed by atoms with Crippen LogP contribution in [0.1, 0.15) is 22.4 Å². The van der Waals surface area contributed by atoms with Crippen LogP contribution in [0.15, 0.2) is 200 Å². The number of aryl methyl sites for hydroxylation is 1. The summed E-state index contributed by atoms with van der Waals surface area (Å²) in [4.78, 5) is 8.87. The van der Waals surface area contributed by atoms with E-state index in [9.17, 15) is 0 Å². The third-order valence-electron chi connectivity index (χ3n) is 10.8. The molecule has 0 fully saturated rings. The van der Waals surface area contributed by atoms with Gasteiger partial charge in [0.05, 0.1) is 0 Å². The Hall–Kier alpha value is -6.07. The Morgan fingerprint density at radius 1 is 0.482 bits per heavy atom. The molecule has 2 unspecified atom stereocenters. The van der Waals surface area contributed by atoms with Gasteiger partial charge in [-0.25, -0.2) is 0 Å². The molecule has 1 aliphatic heterocycles. The normalized spacial score (nSPS) is 16.6. The molecule has 3 aliphatic rings. The Morgan fingerprint density at radius 2 is 0.964 bits per heavy atom. The summed E-state index contributed by atoms with van der Waals surface area (Å²) in [5.41, 5.74) is 13.1. The number of hydrogen-bond acceptors (Lipinski definition) is 4. The quantitative estimate of drug-likeness (QED) is 0.145. The van der Waals surface area contributed by atoms with E-state index in [0.29, 0.717) is 11.2 Å². The van der Waals surface area contributed by atoms with Crippen molar-refractivity contribution in [1.29, 1.82) is 0 Å². The maximum absolute atomic E-state index is 2.41. The summed E-state index contributed by atoms with van der Waals surface area (Å²) in [6, 6.07) is 59.6. The molecular formula is C52H40N2S2. The number of fused-ring (bicyclic) bond motifs is 2. The molecule has 0 saturated carbocycles. The van der Waals surface area contributed by atoms with Crippen molar-refractivity contribution in [3.05, 3.63) is 216 Å². The second kappa shape index (κ2) is 15.2. The van der Waals surface area contributed by atoms with E-state index in [1.54, 1.807) is 0 Å². The molecule has 0 saturated heterocycles. The first-order chi connectivity index (χ1) is 27.7. The minimum absolute atomic E-state index is 0.482. The second-order valence-corrected chi connectivity index (χ2v) is 16.8. The average molecular weight is 757 g/mol. The number of rotatable bonds is 9. The molecule has 0 radical (unpaired) electrons. The fourth-order valence-electron chi connectivity index (χ4n) is 7.95. The molecule has 1 aromatic heterocycles. The number of benzene rings is 6. The molecule has 270 valence electrons. The maximum Gasteiger partial charge on any atom is 0.0462 e. The summed E-state index contributed by atoms with van der Waals surface area (Å²) in [6.07, 6.45) is 18.2. The number of para-hydroxylation sites is 2. The standard InChI is InChI=1S/C52H40N2S2/c1-3-13-43(14-4-1)53(47-31-23-39(24-32-47)51-35-41-11-7-9-17-49(41)55-51)45-27-19-37(20-28-45)38-21-29-46(30-22-38)54(44-15-5-2-6-16-44)48-33-25-40(26-34-48)52-36-42-12-8-10-18-50(42)56-52/h1-9,11-17,19-36,41,49H,10,18H2. The topological polar surface area (TPSA) is 6.48 Å². The number of hydrogen-bond donors (Lipinski definition) is 0. The van der Waals surface area contributed by atoms with Gasteiger partial charge < -0.3 is 9.80 Å². The zero-order valence-electron chi connectivity index (χ0n) is 30.9. The molecule has 7 aromatic rings. The van der Waals surface area contributed by atoms with Gasteiger partial charge >= 0.3 is 0 Å². The predicted octanol–water partition coefficient (Wildman–Crippen LogP) is 15.2. The molecule has 0 spiro atoms. The van der Waals surface area contributed by atoms with Crippen LogP contribution in [-0.4, -0.2) is 5.25 Å². The van der Waals surface area contributed by atoms with Crippen molar-refractivity contribution in [3.8, 4) is 21.6 Å². The first kappa shape index (κ1) is 34.4. The summed E-state index contributed by atoms with van der Waals surface area (Å²) in [7, 11) is 0. The molecule has 56 heavy (non-hydrogen) atoms. The van der Waals surface area contributed by atoms with E-state index >= 15 is 0 Å². The van der Waals surface area contributed by atoms with Gasteiger partial charge in [-0.15, -0.1) is 23.1 Å². The zero-order valence-corrected chi connectivity index (χ0v) is 32.5. The van der Waals surface area contributed by atoms with E-state index in [2.05, 4.69) is 216 Å². The van der Waals surface area contributed by atoms with E-state index in [-0.39, 0.29) is 0 Å². The van der Waals surface area contributed by atoms with Gasteiger partial charge in [0.2, 0.25) is 0 Å². The monoisotopic (exact) mass is 756 g/mol. The van der Waals surface area contributed by atoms with E-state index in [1.807, 2.05) is 23.1 Å². The molecule has 2 heterocycles. The first-order valence-electron chi connectivity index (χ1n) is 19.4. The lowest BCUT2D eigenvalue weighted by Gasteiger charge is -2.26. The molecule has 4 heteroatoms. The molecule has 6 aromatic carbocycles. The minimum Gasteiger partial charge on any atom is -0.311 e. The van der Waals surface area contributed by atoms with E-state index in [1.165, 1.54) is 42.5 Å². The molecule has 0 bridgehead atoms.